The Labute approximate surface area is 150 Å². The van der Waals surface area contributed by atoms with E-state index in [2.05, 4.69) is 16.0 Å². The van der Waals surface area contributed by atoms with E-state index in [1.54, 1.807) is 0 Å². The Bertz CT molecular complexity index is 1140. The number of aromatic nitrogens is 2. The summed E-state index contributed by atoms with van der Waals surface area (Å²) in [5.41, 5.74) is 2.59. The highest BCUT2D eigenvalue weighted by Crippen LogP contribution is 2.31. The number of hydrogen-bond acceptors (Lipinski definition) is 2. The number of pyridine rings is 1. The summed E-state index contributed by atoms with van der Waals surface area (Å²) in [7, 11) is 4.09. The van der Waals surface area contributed by atoms with Crippen LogP contribution in [0.3, 0.4) is 0 Å². The first-order chi connectivity index (χ1) is 12.1. The third kappa shape index (κ3) is 2.71. The van der Waals surface area contributed by atoms with Gasteiger partial charge in [-0.15, -0.1) is 0 Å². The zero-order chi connectivity index (χ0) is 17.6. The molecule has 4 aromatic rings. The highest BCUT2D eigenvalue weighted by atomic mass is 35.5. The molecule has 128 valence electrons. The summed E-state index contributed by atoms with van der Waals surface area (Å²) in [6.45, 7) is 1.64. The molecule has 2 aromatic carbocycles. The summed E-state index contributed by atoms with van der Waals surface area (Å²) in [6.07, 6.45) is 0.925. The first kappa shape index (κ1) is 16.2. The molecule has 2 heterocycles. The van der Waals surface area contributed by atoms with Crippen LogP contribution in [-0.4, -0.2) is 35.1 Å². The number of nitrogens with one attached hydrogen (secondary N) is 1. The van der Waals surface area contributed by atoms with Crippen LogP contribution in [-0.2, 0) is 6.54 Å². The molecule has 4 rings (SSSR count). The molecule has 0 amide bonds. The minimum Gasteiger partial charge on any atom is -0.350 e. The van der Waals surface area contributed by atoms with Gasteiger partial charge in [-0.3, -0.25) is 4.79 Å². The van der Waals surface area contributed by atoms with Gasteiger partial charge in [0.1, 0.15) is 5.52 Å². The standard InChI is InChI=1S/C20H20ClN3O/c1-23(2)10-5-11-24-17-7-4-3-6-14(17)18-15-12-13(21)8-9-16(15)22-19(18)20(24)25/h3-4,6-9,12,22H,5,10-11H2,1-2H3. The zero-order valence-corrected chi connectivity index (χ0v) is 15.1. The van der Waals surface area contributed by atoms with Gasteiger partial charge in [-0.25, -0.2) is 0 Å². The van der Waals surface area contributed by atoms with Crippen LogP contribution in [0.4, 0.5) is 0 Å². The number of H-pyrrole nitrogens is 1. The number of rotatable bonds is 4. The molecule has 0 bridgehead atoms. The SMILES string of the molecule is CN(C)CCCn1c(=O)c2[nH]c3ccc(Cl)cc3c2c2ccccc21. The van der Waals surface area contributed by atoms with Crippen LogP contribution >= 0.6 is 11.6 Å². The Balaban J connectivity index is 2.04. The topological polar surface area (TPSA) is 41.0 Å². The predicted molar refractivity (Wildman–Crippen MR) is 106 cm³/mol. The summed E-state index contributed by atoms with van der Waals surface area (Å²) >= 11 is 6.19. The van der Waals surface area contributed by atoms with Crippen LogP contribution in [0.1, 0.15) is 6.42 Å². The Kier molecular flexibility index (Phi) is 4.02. The maximum absolute atomic E-state index is 13.2. The molecule has 0 aliphatic heterocycles. The molecule has 2 aromatic heterocycles. The molecule has 0 atom stereocenters. The van der Waals surface area contributed by atoms with E-state index < -0.39 is 0 Å². The Morgan fingerprint density at radius 1 is 1.12 bits per heavy atom. The molecule has 0 spiro atoms. The van der Waals surface area contributed by atoms with Crippen LogP contribution < -0.4 is 5.56 Å². The largest absolute Gasteiger partial charge is 0.350 e. The molecule has 5 heteroatoms. The molecule has 0 fully saturated rings. The Morgan fingerprint density at radius 2 is 1.92 bits per heavy atom. The number of hydrogen-bond donors (Lipinski definition) is 1. The van der Waals surface area contributed by atoms with Crippen molar-refractivity contribution in [3.8, 4) is 0 Å². The van der Waals surface area contributed by atoms with Gasteiger partial charge >= 0.3 is 0 Å². The summed E-state index contributed by atoms with van der Waals surface area (Å²) in [5, 5.41) is 3.71. The van der Waals surface area contributed by atoms with Gasteiger partial charge in [-0.2, -0.15) is 0 Å². The molecule has 0 radical (unpaired) electrons. The van der Waals surface area contributed by atoms with E-state index >= 15 is 0 Å². The molecular weight excluding hydrogens is 334 g/mol. The minimum absolute atomic E-state index is 0.0276. The Morgan fingerprint density at radius 3 is 2.72 bits per heavy atom. The maximum Gasteiger partial charge on any atom is 0.275 e. The average Bonchev–Trinajstić information content (AvgIpc) is 2.96. The van der Waals surface area contributed by atoms with Crippen molar-refractivity contribution in [3.63, 3.8) is 0 Å². The van der Waals surface area contributed by atoms with Gasteiger partial charge in [0, 0.05) is 33.2 Å². The van der Waals surface area contributed by atoms with Gasteiger partial charge in [0.2, 0.25) is 0 Å². The van der Waals surface area contributed by atoms with E-state index in [9.17, 15) is 4.79 Å². The quantitative estimate of drug-likeness (QED) is 0.596. The molecule has 0 saturated carbocycles. The van der Waals surface area contributed by atoms with E-state index in [4.69, 9.17) is 11.6 Å². The van der Waals surface area contributed by atoms with Gasteiger partial charge in [0.15, 0.2) is 0 Å². The molecule has 0 aliphatic rings. The first-order valence-corrected chi connectivity index (χ1v) is 8.81. The van der Waals surface area contributed by atoms with Crippen molar-refractivity contribution in [1.82, 2.24) is 14.5 Å². The minimum atomic E-state index is 0.0276. The second kappa shape index (κ2) is 6.21. The third-order valence-corrected chi connectivity index (χ3v) is 4.91. The van der Waals surface area contributed by atoms with Crippen LogP contribution in [0.5, 0.6) is 0 Å². The van der Waals surface area contributed by atoms with Gasteiger partial charge in [0.25, 0.3) is 5.56 Å². The fourth-order valence-electron chi connectivity index (χ4n) is 3.54. The van der Waals surface area contributed by atoms with Crippen LogP contribution in [0.25, 0.3) is 32.7 Å². The van der Waals surface area contributed by atoms with E-state index in [1.807, 2.05) is 55.1 Å². The summed E-state index contributed by atoms with van der Waals surface area (Å²) < 4.78 is 1.89. The summed E-state index contributed by atoms with van der Waals surface area (Å²) in [5.74, 6) is 0. The van der Waals surface area contributed by atoms with Crippen molar-refractivity contribution in [3.05, 3.63) is 57.8 Å². The van der Waals surface area contributed by atoms with Crippen LogP contribution in [0.15, 0.2) is 47.3 Å². The van der Waals surface area contributed by atoms with Gasteiger partial charge in [-0.05, 0) is 51.3 Å². The molecule has 0 saturated heterocycles. The van der Waals surface area contributed by atoms with Crippen LogP contribution in [0, 0.1) is 0 Å². The van der Waals surface area contributed by atoms with Gasteiger partial charge in [-0.1, -0.05) is 29.8 Å². The maximum atomic E-state index is 13.2. The lowest BCUT2D eigenvalue weighted by molar-refractivity contribution is 0.387. The molecule has 25 heavy (non-hydrogen) atoms. The molecule has 4 nitrogen and oxygen atoms in total. The van der Waals surface area contributed by atoms with Crippen molar-refractivity contribution in [1.29, 1.82) is 0 Å². The second-order valence-electron chi connectivity index (χ2n) is 6.70. The highest BCUT2D eigenvalue weighted by molar-refractivity contribution is 6.32. The van der Waals surface area contributed by atoms with Crippen molar-refractivity contribution in [2.75, 3.05) is 20.6 Å². The number of aryl methyl sites for hydroxylation is 1. The number of halogens is 1. The fourth-order valence-corrected chi connectivity index (χ4v) is 3.71. The smallest absolute Gasteiger partial charge is 0.275 e. The fraction of sp³-hybridized carbons (Fsp3) is 0.250. The van der Waals surface area contributed by atoms with Crippen molar-refractivity contribution < 1.29 is 0 Å². The first-order valence-electron chi connectivity index (χ1n) is 8.43. The number of aromatic amines is 1. The third-order valence-electron chi connectivity index (χ3n) is 4.67. The van der Waals surface area contributed by atoms with Crippen molar-refractivity contribution in [2.45, 2.75) is 13.0 Å². The average molecular weight is 354 g/mol. The number of fused-ring (bicyclic) bond motifs is 5. The Hall–Kier alpha value is -2.30. The summed E-state index contributed by atoms with van der Waals surface area (Å²) in [4.78, 5) is 18.6. The summed E-state index contributed by atoms with van der Waals surface area (Å²) in [6, 6.07) is 13.8. The number of para-hydroxylation sites is 1. The molecular formula is C20H20ClN3O. The lowest BCUT2D eigenvalue weighted by Gasteiger charge is -2.13. The number of benzene rings is 2. The molecule has 0 unspecified atom stereocenters. The normalized spacial score (nSPS) is 12.0. The van der Waals surface area contributed by atoms with Gasteiger partial charge in [0.05, 0.1) is 5.52 Å². The van der Waals surface area contributed by atoms with E-state index in [-0.39, 0.29) is 5.56 Å². The monoisotopic (exact) mass is 353 g/mol. The van der Waals surface area contributed by atoms with Crippen molar-refractivity contribution >= 4 is 44.3 Å². The van der Waals surface area contributed by atoms with Crippen molar-refractivity contribution in [2.24, 2.45) is 0 Å². The molecule has 0 aliphatic carbocycles. The zero-order valence-electron chi connectivity index (χ0n) is 14.3. The van der Waals surface area contributed by atoms with Crippen LogP contribution in [0.2, 0.25) is 5.02 Å². The molecule has 1 N–H and O–H groups in total. The predicted octanol–water partition coefficient (Wildman–Crippen LogP) is 4.24. The second-order valence-corrected chi connectivity index (χ2v) is 7.13. The van der Waals surface area contributed by atoms with E-state index in [0.29, 0.717) is 17.1 Å². The van der Waals surface area contributed by atoms with E-state index in [0.717, 1.165) is 40.2 Å². The van der Waals surface area contributed by atoms with Gasteiger partial charge < -0.3 is 14.5 Å². The lowest BCUT2D eigenvalue weighted by atomic mass is 10.1. The lowest BCUT2D eigenvalue weighted by Crippen LogP contribution is -2.23. The van der Waals surface area contributed by atoms with E-state index in [1.165, 1.54) is 0 Å². The highest BCUT2D eigenvalue weighted by Gasteiger charge is 2.15. The number of nitrogens with zero attached hydrogens (tertiary/aromatic N) is 2.